The van der Waals surface area contributed by atoms with E-state index in [-0.39, 0.29) is 5.78 Å². The maximum Gasteiger partial charge on any atom is 0.164 e. The second kappa shape index (κ2) is 6.51. The first-order valence-corrected chi connectivity index (χ1v) is 7.49. The Morgan fingerprint density at radius 3 is 2.45 bits per heavy atom. The zero-order chi connectivity index (χ0) is 14.6. The van der Waals surface area contributed by atoms with Gasteiger partial charge in [-0.15, -0.1) is 0 Å². The first-order chi connectivity index (χ1) is 9.48. The molecule has 1 aromatic carbocycles. The molecule has 0 aromatic heterocycles. The van der Waals surface area contributed by atoms with Crippen molar-refractivity contribution in [1.29, 1.82) is 0 Å². The number of carbonyl (C=O) groups excluding carboxylic acids is 1. The minimum absolute atomic E-state index is 0.176. The highest BCUT2D eigenvalue weighted by Gasteiger charge is 2.32. The van der Waals surface area contributed by atoms with E-state index in [4.69, 9.17) is 0 Å². The van der Waals surface area contributed by atoms with Crippen molar-refractivity contribution in [3.8, 4) is 0 Å². The molecule has 0 heterocycles. The smallest absolute Gasteiger partial charge is 0.164 e. The molecule has 3 heteroatoms. The lowest BCUT2D eigenvalue weighted by Crippen LogP contribution is -2.39. The summed E-state index contributed by atoms with van der Waals surface area (Å²) in [6, 6.07) is 7.72. The fraction of sp³-hybridized carbons (Fsp3) is 0.588. The average Bonchev–Trinajstić information content (AvgIpc) is 2.83. The van der Waals surface area contributed by atoms with E-state index in [0.29, 0.717) is 19.5 Å². The Kier molecular flexibility index (Phi) is 4.95. The molecular weight excluding hydrogens is 250 g/mol. The van der Waals surface area contributed by atoms with Crippen molar-refractivity contribution in [2.75, 3.05) is 20.1 Å². The molecule has 20 heavy (non-hydrogen) atoms. The Bertz CT molecular complexity index is 447. The molecule has 0 unspecified atom stereocenters. The van der Waals surface area contributed by atoms with Crippen LogP contribution in [0.3, 0.4) is 0 Å². The summed E-state index contributed by atoms with van der Waals surface area (Å²) in [5, 5.41) is 10.3. The van der Waals surface area contributed by atoms with Gasteiger partial charge in [0.1, 0.15) is 0 Å². The van der Waals surface area contributed by atoms with Gasteiger partial charge >= 0.3 is 0 Å². The van der Waals surface area contributed by atoms with E-state index < -0.39 is 5.60 Å². The van der Waals surface area contributed by atoms with E-state index in [2.05, 4.69) is 4.90 Å². The van der Waals surface area contributed by atoms with Gasteiger partial charge in [0.05, 0.1) is 5.60 Å². The fourth-order valence-electron chi connectivity index (χ4n) is 2.95. The van der Waals surface area contributed by atoms with Crippen LogP contribution in [0, 0.1) is 6.92 Å². The van der Waals surface area contributed by atoms with E-state index >= 15 is 0 Å². The number of ketones is 1. The van der Waals surface area contributed by atoms with Gasteiger partial charge in [0.2, 0.25) is 0 Å². The van der Waals surface area contributed by atoms with Crippen molar-refractivity contribution in [2.24, 2.45) is 0 Å². The predicted molar refractivity (Wildman–Crippen MR) is 81.0 cm³/mol. The number of nitrogens with zero attached hydrogens (tertiary/aromatic N) is 1. The van der Waals surface area contributed by atoms with Crippen LogP contribution in [0.4, 0.5) is 0 Å². The van der Waals surface area contributed by atoms with Gasteiger partial charge < -0.3 is 10.0 Å². The van der Waals surface area contributed by atoms with E-state index in [1.54, 1.807) is 0 Å². The van der Waals surface area contributed by atoms with Gasteiger partial charge in [-0.25, -0.2) is 0 Å². The largest absolute Gasteiger partial charge is 0.389 e. The number of aliphatic hydroxyl groups is 1. The number of rotatable bonds is 6. The normalized spacial score (nSPS) is 17.6. The van der Waals surface area contributed by atoms with Crippen molar-refractivity contribution < 1.29 is 9.90 Å². The summed E-state index contributed by atoms with van der Waals surface area (Å²) in [5.74, 6) is 0.176. The first kappa shape index (κ1) is 15.2. The van der Waals surface area contributed by atoms with E-state index in [9.17, 15) is 9.90 Å². The van der Waals surface area contributed by atoms with Crippen LogP contribution in [0.1, 0.15) is 48.0 Å². The van der Waals surface area contributed by atoms with E-state index in [1.807, 2.05) is 38.2 Å². The maximum absolute atomic E-state index is 12.1. The third-order valence-electron chi connectivity index (χ3n) is 4.19. The van der Waals surface area contributed by atoms with Crippen molar-refractivity contribution in [2.45, 2.75) is 44.6 Å². The number of benzene rings is 1. The molecule has 0 radical (unpaired) electrons. The lowest BCUT2D eigenvalue weighted by atomic mass is 10.0. The highest BCUT2D eigenvalue weighted by molar-refractivity contribution is 5.96. The summed E-state index contributed by atoms with van der Waals surface area (Å²) in [6.45, 7) is 3.40. The van der Waals surface area contributed by atoms with Crippen LogP contribution < -0.4 is 0 Å². The van der Waals surface area contributed by atoms with Gasteiger partial charge in [-0.1, -0.05) is 42.7 Å². The molecule has 1 aromatic rings. The third kappa shape index (κ3) is 4.15. The number of carbonyl (C=O) groups is 1. The van der Waals surface area contributed by atoms with Gasteiger partial charge in [-0.05, 0) is 26.8 Å². The van der Waals surface area contributed by atoms with Crippen LogP contribution in [-0.2, 0) is 0 Å². The number of hydrogen-bond donors (Lipinski definition) is 1. The van der Waals surface area contributed by atoms with Crippen molar-refractivity contribution in [3.63, 3.8) is 0 Å². The molecule has 0 aliphatic heterocycles. The average molecular weight is 275 g/mol. The van der Waals surface area contributed by atoms with Crippen molar-refractivity contribution in [3.05, 3.63) is 35.4 Å². The quantitative estimate of drug-likeness (QED) is 0.812. The minimum Gasteiger partial charge on any atom is -0.389 e. The van der Waals surface area contributed by atoms with Gasteiger partial charge in [0.15, 0.2) is 5.78 Å². The Balaban J connectivity index is 1.79. The lowest BCUT2D eigenvalue weighted by molar-refractivity contribution is 0.0162. The summed E-state index contributed by atoms with van der Waals surface area (Å²) >= 11 is 0. The Labute approximate surface area is 121 Å². The molecule has 0 atom stereocenters. The highest BCUT2D eigenvalue weighted by atomic mass is 16.3. The zero-order valence-electron chi connectivity index (χ0n) is 12.6. The Morgan fingerprint density at radius 2 is 1.85 bits per heavy atom. The van der Waals surface area contributed by atoms with Gasteiger partial charge in [0.25, 0.3) is 0 Å². The summed E-state index contributed by atoms with van der Waals surface area (Å²) in [4.78, 5) is 14.2. The molecule has 1 saturated carbocycles. The second-order valence-electron chi connectivity index (χ2n) is 6.21. The molecular formula is C17H25NO2. The van der Waals surface area contributed by atoms with Gasteiger partial charge in [-0.2, -0.15) is 0 Å². The van der Waals surface area contributed by atoms with E-state index in [1.165, 1.54) is 5.56 Å². The molecule has 3 nitrogen and oxygen atoms in total. The van der Waals surface area contributed by atoms with Crippen LogP contribution in [0.25, 0.3) is 0 Å². The monoisotopic (exact) mass is 275 g/mol. The number of likely N-dealkylation sites (N-methyl/N-ethyl adjacent to an activating group) is 1. The van der Waals surface area contributed by atoms with Crippen LogP contribution in [-0.4, -0.2) is 41.5 Å². The lowest BCUT2D eigenvalue weighted by Gasteiger charge is -2.28. The van der Waals surface area contributed by atoms with Crippen molar-refractivity contribution in [1.82, 2.24) is 4.90 Å². The van der Waals surface area contributed by atoms with Gasteiger partial charge in [0, 0.05) is 25.1 Å². The first-order valence-electron chi connectivity index (χ1n) is 7.49. The molecule has 1 aliphatic rings. The minimum atomic E-state index is -0.526. The topological polar surface area (TPSA) is 40.5 Å². The number of aryl methyl sites for hydroxylation is 1. The van der Waals surface area contributed by atoms with Crippen molar-refractivity contribution >= 4 is 5.78 Å². The summed E-state index contributed by atoms with van der Waals surface area (Å²) in [6.07, 6.45) is 4.53. The van der Waals surface area contributed by atoms with Crippen LogP contribution in [0.2, 0.25) is 0 Å². The summed E-state index contributed by atoms with van der Waals surface area (Å²) in [5.41, 5.74) is 1.42. The standard InChI is InChI=1S/C17H25NO2/c1-14-5-7-15(8-6-14)16(19)9-12-18(2)13-17(20)10-3-4-11-17/h5-8,20H,3-4,9-13H2,1-2H3. The predicted octanol–water partition coefficient (Wildman–Crippen LogP) is 2.80. The molecule has 1 fully saturated rings. The molecule has 0 bridgehead atoms. The maximum atomic E-state index is 12.1. The molecule has 1 aliphatic carbocycles. The van der Waals surface area contributed by atoms with Gasteiger partial charge in [-0.3, -0.25) is 4.79 Å². The molecule has 0 saturated heterocycles. The molecule has 0 spiro atoms. The van der Waals surface area contributed by atoms with Crippen LogP contribution in [0.15, 0.2) is 24.3 Å². The summed E-state index contributed by atoms with van der Waals surface area (Å²) < 4.78 is 0. The molecule has 2 rings (SSSR count). The third-order valence-corrected chi connectivity index (χ3v) is 4.19. The van der Waals surface area contributed by atoms with E-state index in [0.717, 1.165) is 31.2 Å². The fourth-order valence-corrected chi connectivity index (χ4v) is 2.95. The number of Topliss-reactive ketones (excluding diaryl/α,β-unsaturated/α-hetero) is 1. The zero-order valence-corrected chi connectivity index (χ0v) is 12.6. The Morgan fingerprint density at radius 1 is 1.25 bits per heavy atom. The second-order valence-corrected chi connectivity index (χ2v) is 6.21. The summed E-state index contributed by atoms with van der Waals surface area (Å²) in [7, 11) is 1.98. The Hall–Kier alpha value is -1.19. The molecule has 1 N–H and O–H groups in total. The molecule has 110 valence electrons. The number of hydrogen-bond acceptors (Lipinski definition) is 3. The molecule has 0 amide bonds. The van der Waals surface area contributed by atoms with Crippen LogP contribution >= 0.6 is 0 Å². The highest BCUT2D eigenvalue weighted by Crippen LogP contribution is 2.29. The van der Waals surface area contributed by atoms with Crippen LogP contribution in [0.5, 0.6) is 0 Å². The SMILES string of the molecule is Cc1ccc(C(=O)CCN(C)CC2(O)CCCC2)cc1.